The quantitative estimate of drug-likeness (QED) is 0.789. The normalized spacial score (nSPS) is 21.9. The van der Waals surface area contributed by atoms with Gasteiger partial charge < -0.3 is 15.8 Å². The van der Waals surface area contributed by atoms with Gasteiger partial charge in [0.15, 0.2) is 0 Å². The summed E-state index contributed by atoms with van der Waals surface area (Å²) >= 11 is 0. The fourth-order valence-corrected chi connectivity index (χ4v) is 3.12. The Kier molecular flexibility index (Phi) is 10.1. The molecule has 2 rings (SSSR count). The van der Waals surface area contributed by atoms with Crippen LogP contribution in [-0.4, -0.2) is 48.2 Å². The van der Waals surface area contributed by atoms with E-state index in [1.165, 1.54) is 0 Å². The molecule has 3 atom stereocenters. The second-order valence-corrected chi connectivity index (χ2v) is 7.58. The summed E-state index contributed by atoms with van der Waals surface area (Å²) < 4.78 is 5.79. The summed E-state index contributed by atoms with van der Waals surface area (Å²) in [6.45, 7) is 12.8. The Bertz CT molecular complexity index is 556. The summed E-state index contributed by atoms with van der Waals surface area (Å²) in [4.78, 5) is 14.8. The average Bonchev–Trinajstić information content (AvgIpc) is 2.52. The maximum absolute atomic E-state index is 12.4. The third-order valence-electron chi connectivity index (χ3n) is 4.69. The molecule has 26 heavy (non-hydrogen) atoms. The maximum atomic E-state index is 12.4. The van der Waals surface area contributed by atoms with E-state index in [0.717, 1.165) is 24.2 Å². The van der Waals surface area contributed by atoms with Gasteiger partial charge in [0.05, 0.1) is 12.2 Å². The number of benzene rings is 1. The van der Waals surface area contributed by atoms with Gasteiger partial charge in [-0.05, 0) is 40.2 Å². The molecule has 1 aromatic carbocycles. The molecule has 0 spiro atoms. The lowest BCUT2D eigenvalue weighted by atomic mass is 9.99. The Hall–Kier alpha value is -0.850. The number of nitrogens with zero attached hydrogens (tertiary/aromatic N) is 1. The minimum Gasteiger partial charge on any atom is -0.373 e. The first kappa shape index (κ1) is 25.1. The summed E-state index contributed by atoms with van der Waals surface area (Å²) in [7, 11) is 0. The number of nitrogens with one attached hydrogen (secondary N) is 1. The van der Waals surface area contributed by atoms with Gasteiger partial charge in [-0.25, -0.2) is 0 Å². The highest BCUT2D eigenvalue weighted by Gasteiger charge is 2.33. The largest absolute Gasteiger partial charge is 0.373 e. The fraction of sp³-hybridized carbons (Fsp3) is 0.632. The van der Waals surface area contributed by atoms with Crippen molar-refractivity contribution in [2.45, 2.75) is 58.4 Å². The van der Waals surface area contributed by atoms with Gasteiger partial charge in [0, 0.05) is 25.2 Å². The Morgan fingerprint density at radius 1 is 1.23 bits per heavy atom. The van der Waals surface area contributed by atoms with Crippen molar-refractivity contribution in [3.05, 3.63) is 35.4 Å². The Morgan fingerprint density at radius 2 is 1.73 bits per heavy atom. The highest BCUT2D eigenvalue weighted by molar-refractivity contribution is 5.85. The smallest absolute Gasteiger partial charge is 0.241 e. The number of amides is 1. The maximum Gasteiger partial charge on any atom is 0.241 e. The number of aryl methyl sites for hydroxylation is 1. The minimum atomic E-state index is -0.635. The van der Waals surface area contributed by atoms with Crippen molar-refractivity contribution in [3.63, 3.8) is 0 Å². The molecule has 5 nitrogen and oxygen atoms in total. The van der Waals surface area contributed by atoms with Gasteiger partial charge in [-0.2, -0.15) is 0 Å². The van der Waals surface area contributed by atoms with E-state index in [0.29, 0.717) is 6.54 Å². The second-order valence-electron chi connectivity index (χ2n) is 7.58. The molecule has 1 aliphatic rings. The van der Waals surface area contributed by atoms with Crippen LogP contribution in [0.5, 0.6) is 0 Å². The molecule has 1 aliphatic heterocycles. The summed E-state index contributed by atoms with van der Waals surface area (Å²) in [5.41, 5.74) is 7.94. The Labute approximate surface area is 169 Å². The molecular weight excluding hydrogens is 373 g/mol. The van der Waals surface area contributed by atoms with Crippen LogP contribution in [0.2, 0.25) is 0 Å². The molecule has 1 heterocycles. The number of hydrogen-bond donors (Lipinski definition) is 2. The number of nitrogens with two attached hydrogens (primary N) is 1. The molecule has 0 saturated carbocycles. The van der Waals surface area contributed by atoms with E-state index < -0.39 is 6.04 Å². The van der Waals surface area contributed by atoms with Crippen LogP contribution in [0.15, 0.2) is 24.3 Å². The number of carbonyl (C=O) groups is 1. The number of ether oxygens (including phenoxy) is 1. The van der Waals surface area contributed by atoms with Crippen LogP contribution < -0.4 is 11.1 Å². The van der Waals surface area contributed by atoms with Crippen LogP contribution in [-0.2, 0) is 9.53 Å². The van der Waals surface area contributed by atoms with Crippen molar-refractivity contribution >= 4 is 30.7 Å². The van der Waals surface area contributed by atoms with Crippen LogP contribution in [0.4, 0.5) is 0 Å². The number of rotatable bonds is 5. The Balaban J connectivity index is 0.00000312. The zero-order chi connectivity index (χ0) is 17.9. The van der Waals surface area contributed by atoms with Gasteiger partial charge in [0.2, 0.25) is 5.91 Å². The number of carbonyl (C=O) groups excluding carboxylic acids is 1. The predicted octanol–water partition coefficient (Wildman–Crippen LogP) is 2.84. The van der Waals surface area contributed by atoms with E-state index in [1.807, 2.05) is 31.2 Å². The van der Waals surface area contributed by atoms with Crippen LogP contribution >= 0.6 is 24.8 Å². The van der Waals surface area contributed by atoms with Crippen LogP contribution in [0.3, 0.4) is 0 Å². The lowest BCUT2D eigenvalue weighted by Gasteiger charge is -2.45. The first-order valence-electron chi connectivity index (χ1n) is 8.69. The molecule has 0 bridgehead atoms. The van der Waals surface area contributed by atoms with E-state index >= 15 is 0 Å². The number of halogens is 2. The van der Waals surface area contributed by atoms with E-state index in [1.54, 1.807) is 0 Å². The molecule has 0 radical (unpaired) electrons. The van der Waals surface area contributed by atoms with Crippen LogP contribution in [0.1, 0.15) is 44.9 Å². The lowest BCUT2D eigenvalue weighted by molar-refractivity contribution is -0.124. The highest BCUT2D eigenvalue weighted by atomic mass is 35.5. The van der Waals surface area contributed by atoms with Crippen molar-refractivity contribution in [3.8, 4) is 0 Å². The predicted molar refractivity (Wildman–Crippen MR) is 111 cm³/mol. The number of morpholine rings is 1. The molecule has 150 valence electrons. The summed E-state index contributed by atoms with van der Waals surface area (Å²) in [5, 5.41) is 3.02. The molecule has 1 fully saturated rings. The highest BCUT2D eigenvalue weighted by Crippen LogP contribution is 2.21. The first-order chi connectivity index (χ1) is 11.2. The standard InChI is InChI=1S/C19H31N3O2.2ClH/c1-13-6-8-16(9-7-13)17(20)18(23)21-12-19(4,5)22-10-14(2)24-15(3)11-22;;/h6-9,14-15,17H,10-12,20H2,1-5H3,(H,21,23);2*1H. The van der Waals surface area contributed by atoms with Crippen molar-refractivity contribution in [2.75, 3.05) is 19.6 Å². The summed E-state index contributed by atoms with van der Waals surface area (Å²) in [5.74, 6) is -0.138. The van der Waals surface area contributed by atoms with Gasteiger partial charge in [-0.1, -0.05) is 29.8 Å². The molecule has 3 unspecified atom stereocenters. The molecule has 0 aromatic heterocycles. The molecule has 3 N–H and O–H groups in total. The average molecular weight is 406 g/mol. The molecule has 0 aliphatic carbocycles. The molecule has 7 heteroatoms. The van der Waals surface area contributed by atoms with Gasteiger partial charge in [0.25, 0.3) is 0 Å². The summed E-state index contributed by atoms with van der Waals surface area (Å²) in [6.07, 6.45) is 0.414. The second kappa shape index (κ2) is 10.5. The van der Waals surface area contributed by atoms with Crippen molar-refractivity contribution < 1.29 is 9.53 Å². The summed E-state index contributed by atoms with van der Waals surface area (Å²) in [6, 6.07) is 7.14. The molecule has 1 amide bonds. The van der Waals surface area contributed by atoms with E-state index in [9.17, 15) is 4.79 Å². The van der Waals surface area contributed by atoms with Crippen molar-refractivity contribution in [1.82, 2.24) is 10.2 Å². The van der Waals surface area contributed by atoms with E-state index in [-0.39, 0.29) is 48.5 Å². The van der Waals surface area contributed by atoms with Crippen LogP contribution in [0.25, 0.3) is 0 Å². The van der Waals surface area contributed by atoms with Gasteiger partial charge >= 0.3 is 0 Å². The van der Waals surface area contributed by atoms with Gasteiger partial charge in [-0.15, -0.1) is 24.8 Å². The lowest BCUT2D eigenvalue weighted by Crippen LogP contribution is -2.59. The molecular formula is C19H33Cl2N3O2. The zero-order valence-corrected chi connectivity index (χ0v) is 18.0. The third-order valence-corrected chi connectivity index (χ3v) is 4.69. The SMILES string of the molecule is Cc1ccc(C(N)C(=O)NCC(C)(C)N2CC(C)OC(C)C2)cc1.Cl.Cl. The van der Waals surface area contributed by atoms with Gasteiger partial charge in [-0.3, -0.25) is 9.69 Å². The third kappa shape index (κ3) is 6.71. The Morgan fingerprint density at radius 3 is 2.23 bits per heavy atom. The zero-order valence-electron chi connectivity index (χ0n) is 16.3. The van der Waals surface area contributed by atoms with Crippen LogP contribution in [0, 0.1) is 6.92 Å². The minimum absolute atomic E-state index is 0. The van der Waals surface area contributed by atoms with Crippen molar-refractivity contribution in [1.29, 1.82) is 0 Å². The number of hydrogen-bond acceptors (Lipinski definition) is 4. The van der Waals surface area contributed by atoms with E-state index in [4.69, 9.17) is 10.5 Å². The molecule has 1 aromatic rings. The topological polar surface area (TPSA) is 67.6 Å². The molecule has 1 saturated heterocycles. The first-order valence-corrected chi connectivity index (χ1v) is 8.69. The van der Waals surface area contributed by atoms with Crippen molar-refractivity contribution in [2.24, 2.45) is 5.73 Å². The van der Waals surface area contributed by atoms with Gasteiger partial charge in [0.1, 0.15) is 6.04 Å². The fourth-order valence-electron chi connectivity index (χ4n) is 3.12. The van der Waals surface area contributed by atoms with E-state index in [2.05, 4.69) is 37.9 Å². The monoisotopic (exact) mass is 405 g/mol.